The molecule has 3 aliphatic rings. The highest BCUT2D eigenvalue weighted by Gasteiger charge is 2.76. The van der Waals surface area contributed by atoms with Gasteiger partial charge in [0.25, 0.3) is 11.8 Å². The van der Waals surface area contributed by atoms with Gasteiger partial charge in [-0.3, -0.25) is 14.4 Å². The highest BCUT2D eigenvalue weighted by atomic mass is 16.8. The molecule has 3 rings (SSSR count). The van der Waals surface area contributed by atoms with E-state index in [0.29, 0.717) is 0 Å². The number of amides is 2. The van der Waals surface area contributed by atoms with Gasteiger partial charge in [-0.1, -0.05) is 25.8 Å². The lowest BCUT2D eigenvalue weighted by molar-refractivity contribution is -0.235. The minimum Gasteiger partial charge on any atom is -0.426 e. The fourth-order valence-corrected chi connectivity index (χ4v) is 3.70. The molecule has 0 radical (unpaired) electrons. The summed E-state index contributed by atoms with van der Waals surface area (Å²) in [7, 11) is 0. The van der Waals surface area contributed by atoms with Gasteiger partial charge in [0.05, 0.1) is 21.7 Å². The van der Waals surface area contributed by atoms with E-state index in [1.807, 2.05) is 0 Å². The van der Waals surface area contributed by atoms with Crippen LogP contribution in [0.15, 0.2) is 0 Å². The van der Waals surface area contributed by atoms with E-state index in [4.69, 9.17) is 23.2 Å². The Kier molecular flexibility index (Phi) is 3.00. The van der Waals surface area contributed by atoms with Crippen LogP contribution in [0, 0.1) is 10.8 Å². The monoisotopic (exact) mass is 358 g/mol. The van der Waals surface area contributed by atoms with E-state index >= 15 is 0 Å². The molecule has 0 N–H and O–H groups in total. The zero-order valence-corrected chi connectivity index (χ0v) is 15.2. The topological polar surface area (TPSA) is 91.4 Å². The second kappa shape index (κ2) is 5.17. The van der Waals surface area contributed by atoms with Crippen molar-refractivity contribution in [2.45, 2.75) is 71.9 Å². The minimum absolute atomic E-state index is 0.104. The van der Waals surface area contributed by atoms with Gasteiger partial charge in [-0.25, -0.2) is 4.79 Å². The Morgan fingerprint density at radius 2 is 1.76 bits per heavy atom. The third-order valence-corrected chi connectivity index (χ3v) is 6.26. The molecule has 3 aliphatic heterocycles. The van der Waals surface area contributed by atoms with Crippen molar-refractivity contribution in [3.8, 4) is 0 Å². The molecule has 3 heterocycles. The van der Waals surface area contributed by atoms with Crippen LogP contribution in [-0.4, -0.2) is 47.1 Å². The van der Waals surface area contributed by atoms with Gasteiger partial charge in [0.15, 0.2) is 5.79 Å². The second-order valence-corrected chi connectivity index (χ2v) is 7.87. The molecule has 0 aliphatic carbocycles. The molecule has 25 heavy (non-hydrogen) atoms. The zero-order valence-electron chi connectivity index (χ0n) is 18.2. The van der Waals surface area contributed by atoms with Gasteiger partial charge >= 0.3 is 6.16 Å². The molecule has 8 nitrogen and oxygen atoms in total. The first-order valence-electron chi connectivity index (χ1n) is 9.63. The summed E-state index contributed by atoms with van der Waals surface area (Å²) >= 11 is 0. The van der Waals surface area contributed by atoms with Crippen molar-refractivity contribution < 1.29 is 37.5 Å². The molecular weight excluding hydrogens is 330 g/mol. The third kappa shape index (κ3) is 2.23. The Bertz CT molecular complexity index is 754. The standard InChI is InChI=1S/C17H25NO7/c1-14(2)15(3,4)25-17(6)16(14,5)10(9-22-17)23-13(21)24-18-11(19)7-8-12(18)20/h10H,7-9H2,1-6H3/t10-,16+,17-/m0/s1/i9D2,10D. The van der Waals surface area contributed by atoms with Gasteiger partial charge in [0.2, 0.25) is 0 Å². The molecule has 140 valence electrons. The number of carbonyl (C=O) groups is 3. The van der Waals surface area contributed by atoms with Crippen LogP contribution in [0.1, 0.15) is 58.5 Å². The Labute approximate surface area is 150 Å². The van der Waals surface area contributed by atoms with Crippen LogP contribution < -0.4 is 0 Å². The maximum atomic E-state index is 12.4. The smallest absolute Gasteiger partial charge is 0.426 e. The van der Waals surface area contributed by atoms with E-state index in [1.54, 1.807) is 34.6 Å². The Morgan fingerprint density at radius 3 is 2.32 bits per heavy atom. The normalized spacial score (nSPS) is 45.5. The summed E-state index contributed by atoms with van der Waals surface area (Å²) in [5.41, 5.74) is -3.24. The molecular formula is C17H25NO7. The number of hydrogen-bond acceptors (Lipinski definition) is 7. The molecule has 0 spiro atoms. The first-order valence-corrected chi connectivity index (χ1v) is 8.13. The van der Waals surface area contributed by atoms with E-state index in [0.717, 1.165) is 0 Å². The molecule has 3 atom stereocenters. The van der Waals surface area contributed by atoms with Crippen molar-refractivity contribution in [1.82, 2.24) is 5.06 Å². The van der Waals surface area contributed by atoms with Crippen LogP contribution >= 0.6 is 0 Å². The number of rotatable bonds is 2. The largest absolute Gasteiger partial charge is 0.534 e. The number of fused-ring (bicyclic) bond motifs is 1. The number of nitrogens with zero attached hydrogens (tertiary/aromatic N) is 1. The first-order chi connectivity index (χ1) is 12.5. The van der Waals surface area contributed by atoms with Gasteiger partial charge in [-0.15, -0.1) is 0 Å². The fraction of sp³-hybridized carbons (Fsp3) is 0.824. The first kappa shape index (κ1) is 14.5. The fourth-order valence-electron chi connectivity index (χ4n) is 3.70. The molecule has 2 amide bonds. The maximum Gasteiger partial charge on any atom is 0.534 e. The lowest BCUT2D eigenvalue weighted by Gasteiger charge is -2.45. The summed E-state index contributed by atoms with van der Waals surface area (Å²) in [6.07, 6.45) is -4.36. The molecule has 8 heteroatoms. The van der Waals surface area contributed by atoms with E-state index < -0.39 is 52.8 Å². The van der Waals surface area contributed by atoms with E-state index in [1.165, 1.54) is 6.92 Å². The average Bonchev–Trinajstić information content (AvgIpc) is 2.91. The predicted molar refractivity (Wildman–Crippen MR) is 83.9 cm³/mol. The van der Waals surface area contributed by atoms with E-state index in [2.05, 4.69) is 0 Å². The summed E-state index contributed by atoms with van der Waals surface area (Å²) in [6.45, 7) is 7.40. The highest BCUT2D eigenvalue weighted by molar-refractivity contribution is 6.01. The van der Waals surface area contributed by atoms with Crippen molar-refractivity contribution in [2.75, 3.05) is 6.56 Å². The zero-order chi connectivity index (χ0) is 21.6. The number of hydroxylamine groups is 2. The summed E-state index contributed by atoms with van der Waals surface area (Å²) < 4.78 is 42.1. The lowest BCUT2D eigenvalue weighted by Crippen LogP contribution is -2.53. The van der Waals surface area contributed by atoms with Gasteiger partial charge in [-0.05, 0) is 20.8 Å². The van der Waals surface area contributed by atoms with Crippen molar-refractivity contribution in [3.63, 3.8) is 0 Å². The Hall–Kier alpha value is -1.67. The summed E-state index contributed by atoms with van der Waals surface area (Å²) in [4.78, 5) is 40.4. The summed E-state index contributed by atoms with van der Waals surface area (Å²) in [5.74, 6) is -3.02. The lowest BCUT2D eigenvalue weighted by atomic mass is 9.57. The van der Waals surface area contributed by atoms with Gasteiger partial charge in [0, 0.05) is 18.3 Å². The van der Waals surface area contributed by atoms with Crippen molar-refractivity contribution in [3.05, 3.63) is 0 Å². The summed E-state index contributed by atoms with van der Waals surface area (Å²) in [6, 6.07) is 0. The summed E-state index contributed by atoms with van der Waals surface area (Å²) in [5, 5.41) is 0.277. The Morgan fingerprint density at radius 1 is 1.20 bits per heavy atom. The maximum absolute atomic E-state index is 12.4. The Balaban J connectivity index is 1.99. The van der Waals surface area contributed by atoms with Crippen LogP contribution in [0.2, 0.25) is 0 Å². The molecule has 3 fully saturated rings. The van der Waals surface area contributed by atoms with Crippen LogP contribution in [0.5, 0.6) is 0 Å². The predicted octanol–water partition coefficient (Wildman–Crippen LogP) is 2.16. The van der Waals surface area contributed by atoms with Crippen LogP contribution in [-0.2, 0) is 28.6 Å². The number of imide groups is 1. The molecule has 0 aromatic heterocycles. The number of ether oxygens (including phenoxy) is 3. The quantitative estimate of drug-likeness (QED) is 0.552. The molecule has 0 aromatic carbocycles. The molecule has 3 saturated heterocycles. The molecule has 0 bridgehead atoms. The average molecular weight is 358 g/mol. The SMILES string of the molecule is [2H]C1([2H])O[C@@]2(C)OC(C)(C)C(C)(C)[C@@]2(C)[C@@]1([2H])OC(=O)ON1C(=O)CCC1=O. The molecule has 0 saturated carbocycles. The van der Waals surface area contributed by atoms with E-state index in [-0.39, 0.29) is 17.9 Å². The van der Waals surface area contributed by atoms with Crippen LogP contribution in [0.3, 0.4) is 0 Å². The van der Waals surface area contributed by atoms with Crippen LogP contribution in [0.25, 0.3) is 0 Å². The molecule has 0 aromatic rings. The third-order valence-electron chi connectivity index (χ3n) is 6.26. The highest BCUT2D eigenvalue weighted by Crippen LogP contribution is 2.67. The van der Waals surface area contributed by atoms with Gasteiger partial charge in [0.1, 0.15) is 6.08 Å². The molecule has 0 unspecified atom stereocenters. The minimum atomic E-state index is -2.76. The van der Waals surface area contributed by atoms with Crippen molar-refractivity contribution in [1.29, 1.82) is 0 Å². The van der Waals surface area contributed by atoms with Crippen molar-refractivity contribution in [2.24, 2.45) is 10.8 Å². The van der Waals surface area contributed by atoms with E-state index in [9.17, 15) is 14.4 Å². The number of hydrogen-bond donors (Lipinski definition) is 0. The second-order valence-electron chi connectivity index (χ2n) is 7.87. The van der Waals surface area contributed by atoms with Crippen molar-refractivity contribution >= 4 is 18.0 Å². The van der Waals surface area contributed by atoms with Gasteiger partial charge in [-0.2, -0.15) is 0 Å². The van der Waals surface area contributed by atoms with Gasteiger partial charge < -0.3 is 14.2 Å². The number of carbonyl (C=O) groups excluding carboxylic acids is 3. The van der Waals surface area contributed by atoms with Crippen LogP contribution in [0.4, 0.5) is 4.79 Å².